The molecule has 0 amide bonds. The highest BCUT2D eigenvalue weighted by molar-refractivity contribution is 5.81. The van der Waals surface area contributed by atoms with Crippen molar-refractivity contribution >= 4 is 5.97 Å². The maximum Gasteiger partial charge on any atom is 0.314 e. The Morgan fingerprint density at radius 3 is 2.12 bits per heavy atom. The minimum atomic E-state index is -0.535. The van der Waals surface area contributed by atoms with Gasteiger partial charge in [0.2, 0.25) is 0 Å². The van der Waals surface area contributed by atoms with E-state index in [0.717, 1.165) is 17.5 Å². The molecule has 2 heteroatoms. The highest BCUT2D eigenvalue weighted by atomic mass is 16.6. The number of hydrogen-bond donors (Lipinski definition) is 0. The van der Waals surface area contributed by atoms with Crippen LogP contribution in [0.3, 0.4) is 0 Å². The summed E-state index contributed by atoms with van der Waals surface area (Å²) in [5.74, 6) is 0.364. The van der Waals surface area contributed by atoms with E-state index in [0.29, 0.717) is 5.92 Å². The highest BCUT2D eigenvalue weighted by Crippen LogP contribution is 2.61. The van der Waals surface area contributed by atoms with Gasteiger partial charge >= 0.3 is 5.97 Å². The van der Waals surface area contributed by atoms with Gasteiger partial charge in [0.25, 0.3) is 0 Å². The first kappa shape index (κ1) is 15.4. The monoisotopic (exact) mass is 320 g/mol. The molecule has 1 heterocycles. The number of cyclic esters (lactones) is 1. The quantitative estimate of drug-likeness (QED) is 0.737. The first-order valence-corrected chi connectivity index (χ1v) is 8.88. The fourth-order valence-corrected chi connectivity index (χ4v) is 4.38. The Hall–Kier alpha value is -2.09. The van der Waals surface area contributed by atoms with E-state index in [2.05, 4.69) is 26.0 Å². The normalized spacial score (nSPS) is 27.1. The van der Waals surface area contributed by atoms with Gasteiger partial charge in [0.1, 0.15) is 5.60 Å². The van der Waals surface area contributed by atoms with Crippen molar-refractivity contribution < 1.29 is 9.53 Å². The second-order valence-corrected chi connectivity index (χ2v) is 7.78. The van der Waals surface area contributed by atoms with Crippen molar-refractivity contribution in [2.75, 3.05) is 0 Å². The first-order chi connectivity index (χ1) is 11.5. The van der Waals surface area contributed by atoms with Crippen molar-refractivity contribution in [1.82, 2.24) is 0 Å². The lowest BCUT2D eigenvalue weighted by atomic mass is 9.65. The molecule has 4 rings (SSSR count). The molecule has 0 unspecified atom stereocenters. The van der Waals surface area contributed by atoms with Crippen molar-refractivity contribution in [2.45, 2.75) is 44.6 Å². The van der Waals surface area contributed by atoms with Crippen molar-refractivity contribution in [3.63, 3.8) is 0 Å². The Morgan fingerprint density at radius 2 is 1.54 bits per heavy atom. The van der Waals surface area contributed by atoms with Crippen LogP contribution in [-0.2, 0) is 15.1 Å². The van der Waals surface area contributed by atoms with Crippen LogP contribution < -0.4 is 0 Å². The van der Waals surface area contributed by atoms with Gasteiger partial charge in [-0.3, -0.25) is 4.79 Å². The molecule has 24 heavy (non-hydrogen) atoms. The van der Waals surface area contributed by atoms with E-state index in [-0.39, 0.29) is 17.3 Å². The average molecular weight is 320 g/mol. The van der Waals surface area contributed by atoms with Crippen molar-refractivity contribution in [3.8, 4) is 0 Å². The Bertz CT molecular complexity index is 731. The lowest BCUT2D eigenvalue weighted by Gasteiger charge is -2.43. The molecule has 1 saturated carbocycles. The Labute approximate surface area is 143 Å². The lowest BCUT2D eigenvalue weighted by Crippen LogP contribution is -2.43. The van der Waals surface area contributed by atoms with Gasteiger partial charge in [-0.05, 0) is 29.9 Å². The van der Waals surface area contributed by atoms with E-state index in [1.54, 1.807) is 0 Å². The number of benzene rings is 2. The summed E-state index contributed by atoms with van der Waals surface area (Å²) in [7, 11) is 0. The molecule has 0 N–H and O–H groups in total. The predicted molar refractivity (Wildman–Crippen MR) is 94.5 cm³/mol. The molecule has 2 aliphatic rings. The lowest BCUT2D eigenvalue weighted by molar-refractivity contribution is -0.163. The minimum Gasteiger partial charge on any atom is -0.453 e. The fraction of sp³-hybridized carbons (Fsp3) is 0.409. The molecular weight excluding hydrogens is 296 g/mol. The summed E-state index contributed by atoms with van der Waals surface area (Å²) in [5, 5.41) is 0. The van der Waals surface area contributed by atoms with Gasteiger partial charge in [0.05, 0.1) is 5.92 Å². The Morgan fingerprint density at radius 1 is 0.958 bits per heavy atom. The van der Waals surface area contributed by atoms with Crippen LogP contribution in [0.4, 0.5) is 0 Å². The molecule has 124 valence electrons. The molecule has 1 aliphatic carbocycles. The van der Waals surface area contributed by atoms with Crippen molar-refractivity contribution in [3.05, 3.63) is 71.8 Å². The second-order valence-electron chi connectivity index (χ2n) is 7.78. The Balaban J connectivity index is 1.80. The minimum absolute atomic E-state index is 0.0620. The van der Waals surface area contributed by atoms with E-state index < -0.39 is 5.60 Å². The number of esters is 1. The van der Waals surface area contributed by atoms with Gasteiger partial charge < -0.3 is 4.74 Å². The van der Waals surface area contributed by atoms with Gasteiger partial charge in [-0.1, -0.05) is 74.5 Å². The molecule has 0 spiro atoms. The number of ether oxygens (including phenoxy) is 1. The van der Waals surface area contributed by atoms with Gasteiger partial charge in [-0.25, -0.2) is 0 Å². The van der Waals surface area contributed by atoms with Crippen LogP contribution in [-0.4, -0.2) is 5.97 Å². The Kier molecular flexibility index (Phi) is 3.52. The smallest absolute Gasteiger partial charge is 0.314 e. The summed E-state index contributed by atoms with van der Waals surface area (Å²) < 4.78 is 6.23. The van der Waals surface area contributed by atoms with Gasteiger partial charge in [0.15, 0.2) is 0 Å². The molecule has 0 bridgehead atoms. The van der Waals surface area contributed by atoms with E-state index in [4.69, 9.17) is 4.74 Å². The van der Waals surface area contributed by atoms with Crippen LogP contribution in [0.15, 0.2) is 60.7 Å². The summed E-state index contributed by atoms with van der Waals surface area (Å²) in [5.41, 5.74) is 1.60. The number of carbonyl (C=O) groups excluding carboxylic acids is 1. The highest BCUT2D eigenvalue weighted by Gasteiger charge is 2.61. The fourth-order valence-electron chi connectivity index (χ4n) is 4.38. The standard InChI is InChI=1S/C22H24O2/c1-21(2,17-13-14-17)22(18-11-7-4-8-12-18)15-19(20(23)24-22)16-9-5-3-6-10-16/h3-12,17,19H,13-15H2,1-2H3/t19-,22-/m1/s1. The van der Waals surface area contributed by atoms with Crippen LogP contribution in [0.5, 0.6) is 0 Å². The van der Waals surface area contributed by atoms with E-state index in [1.165, 1.54) is 12.8 Å². The number of rotatable bonds is 4. The van der Waals surface area contributed by atoms with Crippen LogP contribution >= 0.6 is 0 Å². The molecule has 2 nitrogen and oxygen atoms in total. The maximum absolute atomic E-state index is 12.8. The third-order valence-electron chi connectivity index (χ3n) is 6.13. The van der Waals surface area contributed by atoms with Crippen molar-refractivity contribution in [1.29, 1.82) is 0 Å². The van der Waals surface area contributed by atoms with Gasteiger partial charge in [-0.2, -0.15) is 0 Å². The number of carbonyl (C=O) groups is 1. The zero-order chi connectivity index (χ0) is 16.8. The molecule has 2 fully saturated rings. The van der Waals surface area contributed by atoms with Gasteiger partial charge in [0, 0.05) is 11.8 Å². The van der Waals surface area contributed by atoms with Gasteiger partial charge in [-0.15, -0.1) is 0 Å². The van der Waals surface area contributed by atoms with E-state index in [1.807, 2.05) is 48.5 Å². The summed E-state index contributed by atoms with van der Waals surface area (Å²) in [6.45, 7) is 4.55. The average Bonchev–Trinajstić information content (AvgIpc) is 3.40. The number of hydrogen-bond acceptors (Lipinski definition) is 2. The van der Waals surface area contributed by atoms with Crippen LogP contribution in [0.25, 0.3) is 0 Å². The SMILES string of the molecule is CC(C)(C1CC1)[C@]1(c2ccccc2)C[C@H](c2ccccc2)C(=O)O1. The van der Waals surface area contributed by atoms with E-state index >= 15 is 0 Å². The molecule has 2 aromatic carbocycles. The zero-order valence-corrected chi connectivity index (χ0v) is 14.4. The largest absolute Gasteiger partial charge is 0.453 e. The van der Waals surface area contributed by atoms with Crippen LogP contribution in [0.2, 0.25) is 0 Å². The third kappa shape index (κ3) is 2.28. The van der Waals surface area contributed by atoms with Crippen molar-refractivity contribution in [2.24, 2.45) is 11.3 Å². The first-order valence-electron chi connectivity index (χ1n) is 8.88. The molecule has 1 aliphatic heterocycles. The molecular formula is C22H24O2. The molecule has 0 radical (unpaired) electrons. The summed E-state index contributed by atoms with van der Waals surface area (Å²) >= 11 is 0. The third-order valence-corrected chi connectivity index (χ3v) is 6.13. The molecule has 1 saturated heterocycles. The summed E-state index contributed by atoms with van der Waals surface area (Å²) in [6, 6.07) is 20.4. The molecule has 2 atom stereocenters. The van der Waals surface area contributed by atoms with Crippen LogP contribution in [0, 0.1) is 11.3 Å². The second kappa shape index (κ2) is 5.47. The maximum atomic E-state index is 12.8. The zero-order valence-electron chi connectivity index (χ0n) is 14.4. The molecule has 0 aromatic heterocycles. The summed E-state index contributed by atoms with van der Waals surface area (Å²) in [6.07, 6.45) is 3.19. The van der Waals surface area contributed by atoms with E-state index in [9.17, 15) is 4.79 Å². The predicted octanol–water partition coefficient (Wildman–Crippen LogP) is 5.05. The molecule has 2 aromatic rings. The topological polar surface area (TPSA) is 26.3 Å². The summed E-state index contributed by atoms with van der Waals surface area (Å²) in [4.78, 5) is 12.8. The van der Waals surface area contributed by atoms with Crippen LogP contribution in [0.1, 0.15) is 50.2 Å².